The van der Waals surface area contributed by atoms with E-state index in [4.69, 9.17) is 50.9 Å². The number of anilines is 1. The van der Waals surface area contributed by atoms with E-state index in [1.807, 2.05) is 0 Å². The van der Waals surface area contributed by atoms with Crippen LogP contribution in [0.4, 0.5) is 5.69 Å². The van der Waals surface area contributed by atoms with E-state index < -0.39 is 10.7 Å². The Balaban J connectivity index is 1.96. The number of hydrogen-bond donors (Lipinski definition) is 1. The van der Waals surface area contributed by atoms with Crippen molar-refractivity contribution in [3.05, 3.63) is 52.5 Å². The van der Waals surface area contributed by atoms with Crippen molar-refractivity contribution >= 4 is 58.0 Å². The van der Waals surface area contributed by atoms with E-state index in [1.165, 1.54) is 0 Å². The van der Waals surface area contributed by atoms with Crippen LogP contribution in [0, 0.1) is 0 Å². The van der Waals surface area contributed by atoms with Crippen LogP contribution in [0.15, 0.2) is 47.0 Å². The molecule has 0 aliphatic rings. The number of nitrogens with one attached hydrogen (secondary N) is 1. The van der Waals surface area contributed by atoms with Gasteiger partial charge in [-0.15, -0.1) is 0 Å². The lowest BCUT2D eigenvalue weighted by Gasteiger charge is -2.08. The van der Waals surface area contributed by atoms with Crippen LogP contribution in [0.3, 0.4) is 0 Å². The van der Waals surface area contributed by atoms with Crippen LogP contribution in [-0.4, -0.2) is 20.9 Å². The predicted molar refractivity (Wildman–Crippen MR) is 99.3 cm³/mol. The normalized spacial score (nSPS) is 10.9. The summed E-state index contributed by atoms with van der Waals surface area (Å²) in [5.74, 6) is -0.0526. The number of hydrogen-bond acceptors (Lipinski definition) is 4. The third kappa shape index (κ3) is 4.07. The van der Waals surface area contributed by atoms with E-state index in [0.29, 0.717) is 26.9 Å². The second-order valence-corrected chi connectivity index (χ2v) is 6.82. The number of carbonyl (C=O) groups excluding carboxylic acids is 1. The molecule has 0 bridgehead atoms. The first-order valence-corrected chi connectivity index (χ1v) is 8.56. The molecule has 0 aliphatic carbocycles. The summed E-state index contributed by atoms with van der Waals surface area (Å²) in [5, 5.41) is 7.44. The van der Waals surface area contributed by atoms with Crippen molar-refractivity contribution in [2.45, 2.75) is 4.84 Å². The van der Waals surface area contributed by atoms with Crippen molar-refractivity contribution in [1.29, 1.82) is 0 Å². The van der Waals surface area contributed by atoms with Gasteiger partial charge < -0.3 is 9.84 Å². The van der Waals surface area contributed by atoms with Crippen molar-refractivity contribution in [1.82, 2.24) is 10.1 Å². The number of rotatable bonds is 4. The third-order valence-electron chi connectivity index (χ3n) is 3.21. The largest absolute Gasteiger partial charge is 0.334 e. The Hall–Kier alpha value is -1.79. The van der Waals surface area contributed by atoms with Gasteiger partial charge in [0.25, 0.3) is 11.8 Å². The second-order valence-electron chi connectivity index (χ2n) is 4.88. The van der Waals surface area contributed by atoms with Crippen LogP contribution in [-0.2, 0) is 4.79 Å². The Morgan fingerprint density at radius 2 is 1.84 bits per heavy atom. The van der Waals surface area contributed by atoms with Crippen LogP contribution < -0.4 is 5.32 Å². The van der Waals surface area contributed by atoms with Crippen molar-refractivity contribution in [3.8, 4) is 22.8 Å². The Morgan fingerprint density at radius 1 is 1.08 bits per heavy atom. The molecule has 3 aromatic rings. The second kappa shape index (κ2) is 7.62. The highest BCUT2D eigenvalue weighted by Gasteiger charge is 2.18. The Bertz CT molecular complexity index is 927. The monoisotopic (exact) mass is 415 g/mol. The summed E-state index contributed by atoms with van der Waals surface area (Å²) in [6.45, 7) is 0. The molecule has 0 atom stereocenters. The summed E-state index contributed by atoms with van der Waals surface area (Å²) in [6.07, 6.45) is 0. The average molecular weight is 417 g/mol. The van der Waals surface area contributed by atoms with Gasteiger partial charge in [-0.25, -0.2) is 0 Å². The van der Waals surface area contributed by atoms with Crippen LogP contribution in [0.5, 0.6) is 0 Å². The Morgan fingerprint density at radius 3 is 2.56 bits per heavy atom. The van der Waals surface area contributed by atoms with Gasteiger partial charge in [-0.2, -0.15) is 4.98 Å². The fourth-order valence-corrected chi connectivity index (χ4v) is 2.68. The highest BCUT2D eigenvalue weighted by molar-refractivity contribution is 6.54. The maximum absolute atomic E-state index is 11.7. The van der Waals surface area contributed by atoms with Crippen LogP contribution in [0.2, 0.25) is 10.0 Å². The van der Waals surface area contributed by atoms with Crippen molar-refractivity contribution in [3.63, 3.8) is 0 Å². The number of para-hydroxylation sites is 1. The van der Waals surface area contributed by atoms with Crippen LogP contribution >= 0.6 is 46.4 Å². The zero-order chi connectivity index (χ0) is 18.0. The van der Waals surface area contributed by atoms with E-state index in [-0.39, 0.29) is 11.7 Å². The molecule has 0 saturated heterocycles. The van der Waals surface area contributed by atoms with Crippen molar-refractivity contribution < 1.29 is 9.32 Å². The van der Waals surface area contributed by atoms with E-state index in [9.17, 15) is 4.79 Å². The molecule has 0 spiro atoms. The van der Waals surface area contributed by atoms with Gasteiger partial charge in [0.1, 0.15) is 0 Å². The molecule has 0 radical (unpaired) electrons. The van der Waals surface area contributed by atoms with Gasteiger partial charge in [0, 0.05) is 10.6 Å². The molecule has 1 heterocycles. The molecule has 3 rings (SSSR count). The number of alkyl halides is 2. The average Bonchev–Trinajstić information content (AvgIpc) is 3.04. The van der Waals surface area contributed by atoms with Gasteiger partial charge in [0.2, 0.25) is 5.82 Å². The number of benzene rings is 2. The third-order valence-corrected chi connectivity index (χ3v) is 4.16. The molecular weight excluding hydrogens is 408 g/mol. The predicted octanol–water partition coefficient (Wildman–Crippen LogP) is 5.45. The molecule has 0 saturated carbocycles. The van der Waals surface area contributed by atoms with Crippen LogP contribution in [0.1, 0.15) is 0 Å². The van der Waals surface area contributed by atoms with E-state index in [0.717, 1.165) is 0 Å². The maximum Gasteiger partial charge on any atom is 0.259 e. The summed E-state index contributed by atoms with van der Waals surface area (Å²) >= 11 is 23.2. The lowest BCUT2D eigenvalue weighted by atomic mass is 10.1. The minimum Gasteiger partial charge on any atom is -0.334 e. The number of amides is 1. The SMILES string of the molecule is O=C(Nc1ccccc1-c1noc(-c2ccc(Cl)cc2Cl)n1)C(Cl)Cl. The Kier molecular flexibility index (Phi) is 5.49. The minimum atomic E-state index is -1.19. The minimum absolute atomic E-state index is 0.227. The topological polar surface area (TPSA) is 68.0 Å². The molecule has 1 aromatic heterocycles. The first kappa shape index (κ1) is 18.0. The van der Waals surface area contributed by atoms with Gasteiger partial charge in [0.05, 0.1) is 16.3 Å². The molecule has 0 fully saturated rings. The van der Waals surface area contributed by atoms with E-state index >= 15 is 0 Å². The first-order valence-electron chi connectivity index (χ1n) is 6.93. The van der Waals surface area contributed by atoms with Gasteiger partial charge in [-0.05, 0) is 30.3 Å². The number of aromatic nitrogens is 2. The fourth-order valence-electron chi connectivity index (χ4n) is 2.08. The summed E-state index contributed by atoms with van der Waals surface area (Å²) in [7, 11) is 0. The van der Waals surface area contributed by atoms with Gasteiger partial charge >= 0.3 is 0 Å². The first-order chi connectivity index (χ1) is 12.0. The van der Waals surface area contributed by atoms with Gasteiger partial charge in [0.15, 0.2) is 4.84 Å². The molecule has 5 nitrogen and oxygen atoms in total. The molecule has 2 aromatic carbocycles. The molecule has 0 aliphatic heterocycles. The number of carbonyl (C=O) groups is 1. The summed E-state index contributed by atoms with van der Waals surface area (Å²) in [5.41, 5.74) is 1.55. The molecule has 1 amide bonds. The highest BCUT2D eigenvalue weighted by atomic mass is 35.5. The standard InChI is InChI=1S/C16H9Cl4N3O2/c17-8-5-6-9(11(18)7-8)16-22-14(23-25-16)10-3-1-2-4-12(10)21-15(24)13(19)20/h1-7,13H,(H,21,24). The summed E-state index contributed by atoms with van der Waals surface area (Å²) < 4.78 is 5.28. The van der Waals surface area contributed by atoms with Crippen LogP contribution in [0.25, 0.3) is 22.8 Å². The fraction of sp³-hybridized carbons (Fsp3) is 0.0625. The van der Waals surface area contributed by atoms with E-state index in [2.05, 4.69) is 15.5 Å². The van der Waals surface area contributed by atoms with Gasteiger partial charge in [-0.1, -0.05) is 63.7 Å². The lowest BCUT2D eigenvalue weighted by Crippen LogP contribution is -2.19. The summed E-state index contributed by atoms with van der Waals surface area (Å²) in [6, 6.07) is 11.9. The molecule has 128 valence electrons. The Labute approximate surface area is 162 Å². The number of nitrogens with zero attached hydrogens (tertiary/aromatic N) is 2. The quantitative estimate of drug-likeness (QED) is 0.574. The highest BCUT2D eigenvalue weighted by Crippen LogP contribution is 2.32. The molecule has 25 heavy (non-hydrogen) atoms. The summed E-state index contributed by atoms with van der Waals surface area (Å²) in [4.78, 5) is 14.9. The van der Waals surface area contributed by atoms with Gasteiger partial charge in [-0.3, -0.25) is 4.79 Å². The lowest BCUT2D eigenvalue weighted by molar-refractivity contribution is -0.114. The molecule has 0 unspecified atom stereocenters. The van der Waals surface area contributed by atoms with Crippen molar-refractivity contribution in [2.24, 2.45) is 0 Å². The molecular formula is C16H9Cl4N3O2. The number of halogens is 4. The molecule has 9 heteroatoms. The van der Waals surface area contributed by atoms with E-state index in [1.54, 1.807) is 42.5 Å². The van der Waals surface area contributed by atoms with Crippen molar-refractivity contribution in [2.75, 3.05) is 5.32 Å². The smallest absolute Gasteiger partial charge is 0.259 e. The zero-order valence-electron chi connectivity index (χ0n) is 12.3. The maximum atomic E-state index is 11.7. The molecule has 1 N–H and O–H groups in total. The zero-order valence-corrected chi connectivity index (χ0v) is 15.4.